The first kappa shape index (κ1) is 21.4. The fraction of sp³-hybridized carbons (Fsp3) is 0.440. The van der Waals surface area contributed by atoms with Crippen LogP contribution in [-0.2, 0) is 4.74 Å². The molecule has 0 radical (unpaired) electrons. The third-order valence-corrected chi connectivity index (χ3v) is 6.40. The van der Waals surface area contributed by atoms with Crippen LogP contribution in [0.25, 0.3) is 0 Å². The molecule has 2 saturated heterocycles. The summed E-state index contributed by atoms with van der Waals surface area (Å²) in [5, 5.41) is 3.09. The number of carbonyl (C=O) groups excluding carboxylic acids is 2. The number of nitrogens with zero attached hydrogens (tertiary/aromatic N) is 2. The molecule has 164 valence electrons. The zero-order valence-electron chi connectivity index (χ0n) is 18.3. The summed E-state index contributed by atoms with van der Waals surface area (Å²) in [5.74, 6) is 0.0585. The zero-order valence-corrected chi connectivity index (χ0v) is 18.3. The van der Waals surface area contributed by atoms with Crippen molar-refractivity contribution in [1.82, 2.24) is 15.1 Å². The van der Waals surface area contributed by atoms with Crippen molar-refractivity contribution in [3.63, 3.8) is 0 Å². The highest BCUT2D eigenvalue weighted by atomic mass is 16.5. The van der Waals surface area contributed by atoms with Gasteiger partial charge in [-0.1, -0.05) is 48.0 Å². The van der Waals surface area contributed by atoms with E-state index in [0.29, 0.717) is 32.8 Å². The lowest BCUT2D eigenvalue weighted by molar-refractivity contribution is -0.123. The van der Waals surface area contributed by atoms with Gasteiger partial charge in [-0.15, -0.1) is 0 Å². The minimum Gasteiger partial charge on any atom is -0.371 e. The van der Waals surface area contributed by atoms with E-state index in [4.69, 9.17) is 4.74 Å². The van der Waals surface area contributed by atoms with Gasteiger partial charge >= 0.3 is 6.03 Å². The SMILES string of the molecule is Cc1cccc(C(=O)N2CCOC3(CCN(C(=O)N[C@@H](C)c4ccccc4)CC3)C2)c1. The van der Waals surface area contributed by atoms with Gasteiger partial charge < -0.3 is 19.9 Å². The van der Waals surface area contributed by atoms with Gasteiger partial charge in [-0.05, 0) is 44.4 Å². The van der Waals surface area contributed by atoms with E-state index >= 15 is 0 Å². The number of nitrogens with one attached hydrogen (secondary N) is 1. The lowest BCUT2D eigenvalue weighted by Gasteiger charge is -2.47. The first-order chi connectivity index (χ1) is 15.0. The lowest BCUT2D eigenvalue weighted by atomic mass is 9.89. The van der Waals surface area contributed by atoms with Gasteiger partial charge in [-0.2, -0.15) is 0 Å². The maximum atomic E-state index is 13.0. The number of hydrogen-bond donors (Lipinski definition) is 1. The van der Waals surface area contributed by atoms with Crippen molar-refractivity contribution in [1.29, 1.82) is 0 Å². The molecule has 6 heteroatoms. The van der Waals surface area contributed by atoms with Crippen LogP contribution in [0.2, 0.25) is 0 Å². The number of urea groups is 1. The molecule has 0 aromatic heterocycles. The fourth-order valence-electron chi connectivity index (χ4n) is 4.50. The summed E-state index contributed by atoms with van der Waals surface area (Å²) < 4.78 is 6.17. The number of amides is 3. The minimum absolute atomic E-state index is 0.0436. The Kier molecular flexibility index (Phi) is 6.28. The van der Waals surface area contributed by atoms with Crippen molar-refractivity contribution in [2.75, 3.05) is 32.8 Å². The number of morpholine rings is 1. The summed E-state index contributed by atoms with van der Waals surface area (Å²) >= 11 is 0. The van der Waals surface area contributed by atoms with Crippen molar-refractivity contribution >= 4 is 11.9 Å². The molecule has 3 amide bonds. The Hall–Kier alpha value is -2.86. The third-order valence-electron chi connectivity index (χ3n) is 6.40. The van der Waals surface area contributed by atoms with E-state index in [-0.39, 0.29) is 23.6 Å². The van der Waals surface area contributed by atoms with E-state index in [2.05, 4.69) is 5.32 Å². The van der Waals surface area contributed by atoms with Crippen molar-refractivity contribution < 1.29 is 14.3 Å². The number of benzene rings is 2. The Morgan fingerprint density at radius 3 is 2.45 bits per heavy atom. The van der Waals surface area contributed by atoms with E-state index in [9.17, 15) is 9.59 Å². The second-order valence-corrected chi connectivity index (χ2v) is 8.70. The molecule has 2 fully saturated rings. The normalized spacial score (nSPS) is 19.2. The Morgan fingerprint density at radius 2 is 1.74 bits per heavy atom. The molecule has 2 heterocycles. The summed E-state index contributed by atoms with van der Waals surface area (Å²) in [6.45, 7) is 6.96. The van der Waals surface area contributed by atoms with Crippen molar-refractivity contribution in [2.45, 2.75) is 38.3 Å². The summed E-state index contributed by atoms with van der Waals surface area (Å²) in [7, 11) is 0. The van der Waals surface area contributed by atoms with Gasteiger partial charge in [0.05, 0.1) is 24.8 Å². The van der Waals surface area contributed by atoms with Crippen LogP contribution in [0.15, 0.2) is 54.6 Å². The average Bonchev–Trinajstić information content (AvgIpc) is 2.79. The van der Waals surface area contributed by atoms with Gasteiger partial charge in [0.2, 0.25) is 0 Å². The second-order valence-electron chi connectivity index (χ2n) is 8.70. The highest BCUT2D eigenvalue weighted by Gasteiger charge is 2.42. The van der Waals surface area contributed by atoms with E-state index in [0.717, 1.165) is 29.5 Å². The molecule has 2 aromatic carbocycles. The number of piperidine rings is 1. The molecule has 0 bridgehead atoms. The molecule has 4 rings (SSSR count). The molecular formula is C25H31N3O3. The van der Waals surface area contributed by atoms with Crippen LogP contribution in [0.5, 0.6) is 0 Å². The Labute approximate surface area is 184 Å². The van der Waals surface area contributed by atoms with Gasteiger partial charge in [-0.25, -0.2) is 4.79 Å². The molecule has 0 unspecified atom stereocenters. The number of rotatable bonds is 3. The number of ether oxygens (including phenoxy) is 1. The first-order valence-electron chi connectivity index (χ1n) is 11.1. The summed E-state index contributed by atoms with van der Waals surface area (Å²) in [4.78, 5) is 29.5. The molecule has 0 saturated carbocycles. The number of likely N-dealkylation sites (tertiary alicyclic amines) is 1. The molecule has 0 aliphatic carbocycles. The van der Waals surface area contributed by atoms with Gasteiger partial charge in [0, 0.05) is 25.2 Å². The van der Waals surface area contributed by atoms with E-state index < -0.39 is 0 Å². The average molecular weight is 422 g/mol. The summed E-state index contributed by atoms with van der Waals surface area (Å²) in [6, 6.07) is 17.6. The van der Waals surface area contributed by atoms with Crippen molar-refractivity contribution in [3.8, 4) is 0 Å². The monoisotopic (exact) mass is 421 g/mol. The highest BCUT2D eigenvalue weighted by molar-refractivity contribution is 5.94. The molecule has 2 aromatic rings. The molecule has 1 atom stereocenters. The lowest BCUT2D eigenvalue weighted by Crippen LogP contribution is -2.59. The van der Waals surface area contributed by atoms with Crippen molar-refractivity contribution in [3.05, 3.63) is 71.3 Å². The summed E-state index contributed by atoms with van der Waals surface area (Å²) in [5.41, 5.74) is 2.53. The minimum atomic E-state index is -0.362. The quantitative estimate of drug-likeness (QED) is 0.821. The predicted molar refractivity (Wildman–Crippen MR) is 120 cm³/mol. The maximum absolute atomic E-state index is 13.0. The third kappa shape index (κ3) is 4.90. The highest BCUT2D eigenvalue weighted by Crippen LogP contribution is 2.31. The predicted octanol–water partition coefficient (Wildman–Crippen LogP) is 3.77. The molecule has 2 aliphatic heterocycles. The molecule has 2 aliphatic rings. The molecule has 1 N–H and O–H groups in total. The first-order valence-corrected chi connectivity index (χ1v) is 11.1. The van der Waals surface area contributed by atoms with Crippen LogP contribution in [0.4, 0.5) is 4.79 Å². The molecule has 6 nitrogen and oxygen atoms in total. The Balaban J connectivity index is 1.34. The second kappa shape index (κ2) is 9.10. The summed E-state index contributed by atoms with van der Waals surface area (Å²) in [6.07, 6.45) is 1.47. The standard InChI is InChI=1S/C25H31N3O3/c1-19-7-6-10-22(17-19)23(29)28-15-16-31-25(18-28)11-13-27(14-12-25)24(30)26-20(2)21-8-4-3-5-9-21/h3-10,17,20H,11-16,18H2,1-2H3,(H,26,30)/t20-/m0/s1. The Bertz CT molecular complexity index is 923. The van der Waals surface area contributed by atoms with Crippen LogP contribution in [-0.4, -0.2) is 60.1 Å². The van der Waals surface area contributed by atoms with Crippen LogP contribution >= 0.6 is 0 Å². The zero-order chi connectivity index (χ0) is 21.8. The van der Waals surface area contributed by atoms with Gasteiger partial charge in [0.1, 0.15) is 0 Å². The van der Waals surface area contributed by atoms with Gasteiger partial charge in [-0.3, -0.25) is 4.79 Å². The van der Waals surface area contributed by atoms with Crippen LogP contribution < -0.4 is 5.32 Å². The maximum Gasteiger partial charge on any atom is 0.317 e. The topological polar surface area (TPSA) is 61.9 Å². The molecule has 31 heavy (non-hydrogen) atoms. The fourth-order valence-corrected chi connectivity index (χ4v) is 4.50. The van der Waals surface area contributed by atoms with E-state index in [1.54, 1.807) is 0 Å². The van der Waals surface area contributed by atoms with E-state index in [1.165, 1.54) is 0 Å². The number of carbonyl (C=O) groups is 2. The molecular weight excluding hydrogens is 390 g/mol. The number of hydrogen-bond acceptors (Lipinski definition) is 3. The van der Waals surface area contributed by atoms with Gasteiger partial charge in [0.25, 0.3) is 5.91 Å². The largest absolute Gasteiger partial charge is 0.371 e. The van der Waals surface area contributed by atoms with Crippen molar-refractivity contribution in [2.24, 2.45) is 0 Å². The van der Waals surface area contributed by atoms with Crippen LogP contribution in [0.1, 0.15) is 47.3 Å². The molecule has 1 spiro atoms. The van der Waals surface area contributed by atoms with E-state index in [1.807, 2.05) is 78.2 Å². The number of aryl methyl sites for hydroxylation is 1. The Morgan fingerprint density at radius 1 is 1.00 bits per heavy atom. The van der Waals surface area contributed by atoms with Crippen LogP contribution in [0, 0.1) is 6.92 Å². The van der Waals surface area contributed by atoms with Crippen LogP contribution in [0.3, 0.4) is 0 Å². The smallest absolute Gasteiger partial charge is 0.317 e. The van der Waals surface area contributed by atoms with Gasteiger partial charge in [0.15, 0.2) is 0 Å².